The van der Waals surface area contributed by atoms with Crippen LogP contribution < -0.4 is 0 Å². The van der Waals surface area contributed by atoms with Gasteiger partial charge in [0.25, 0.3) is 0 Å². The quantitative estimate of drug-likeness (QED) is 0.385. The van der Waals surface area contributed by atoms with Crippen LogP contribution in [0, 0.1) is 6.92 Å². The summed E-state index contributed by atoms with van der Waals surface area (Å²) in [6.07, 6.45) is 4.82. The Morgan fingerprint density at radius 2 is 2.00 bits per heavy atom. The SMILES string of the molecule is Cc1cc2nc(-c3ccnc(C4=CCN(C)CC4)n3)sc2c(-c2ccc(Cl)cc2)c1CC(=O)O. The fourth-order valence-electron chi connectivity index (χ4n) is 4.25. The molecule has 6 nitrogen and oxygen atoms in total. The lowest BCUT2D eigenvalue weighted by molar-refractivity contribution is -0.136. The molecule has 0 spiro atoms. The molecule has 172 valence electrons. The first-order valence-electron chi connectivity index (χ1n) is 11.0. The van der Waals surface area contributed by atoms with Crippen LogP contribution >= 0.6 is 22.9 Å². The van der Waals surface area contributed by atoms with Crippen LogP contribution in [-0.4, -0.2) is 51.1 Å². The summed E-state index contributed by atoms with van der Waals surface area (Å²) in [6.45, 7) is 3.81. The molecule has 1 N–H and O–H groups in total. The molecule has 0 radical (unpaired) electrons. The van der Waals surface area contributed by atoms with Gasteiger partial charge in [0.15, 0.2) is 5.82 Å². The zero-order valence-electron chi connectivity index (χ0n) is 18.9. The predicted molar refractivity (Wildman–Crippen MR) is 137 cm³/mol. The zero-order chi connectivity index (χ0) is 23.8. The van der Waals surface area contributed by atoms with E-state index in [-0.39, 0.29) is 6.42 Å². The van der Waals surface area contributed by atoms with Crippen LogP contribution in [0.25, 0.3) is 37.6 Å². The van der Waals surface area contributed by atoms with Gasteiger partial charge >= 0.3 is 5.97 Å². The molecule has 3 heterocycles. The van der Waals surface area contributed by atoms with Gasteiger partial charge in [0.05, 0.1) is 16.6 Å². The second-order valence-corrected chi connectivity index (χ2v) is 9.93. The van der Waals surface area contributed by atoms with Gasteiger partial charge in [0, 0.05) is 29.9 Å². The number of aromatic nitrogens is 3. The maximum Gasteiger partial charge on any atom is 0.307 e. The van der Waals surface area contributed by atoms with Crippen molar-refractivity contribution in [2.45, 2.75) is 19.8 Å². The lowest BCUT2D eigenvalue weighted by Gasteiger charge is -2.21. The Morgan fingerprint density at radius 1 is 1.21 bits per heavy atom. The molecule has 2 aromatic carbocycles. The highest BCUT2D eigenvalue weighted by atomic mass is 35.5. The van der Waals surface area contributed by atoms with Crippen LogP contribution in [0.5, 0.6) is 0 Å². The topological polar surface area (TPSA) is 79.2 Å². The number of carboxylic acids is 1. The van der Waals surface area contributed by atoms with Crippen LogP contribution in [0.4, 0.5) is 0 Å². The molecule has 0 saturated heterocycles. The molecule has 34 heavy (non-hydrogen) atoms. The van der Waals surface area contributed by atoms with Crippen LogP contribution in [-0.2, 0) is 11.2 Å². The Bertz CT molecular complexity index is 1430. The number of carbonyl (C=O) groups is 1. The monoisotopic (exact) mass is 490 g/mol. The Labute approximate surface area is 206 Å². The molecule has 0 saturated carbocycles. The number of halogens is 1. The molecule has 0 fully saturated rings. The largest absolute Gasteiger partial charge is 0.481 e. The van der Waals surface area contributed by atoms with Crippen molar-refractivity contribution in [3.05, 3.63) is 70.6 Å². The van der Waals surface area contributed by atoms with Crippen molar-refractivity contribution in [1.29, 1.82) is 0 Å². The third-order valence-corrected chi connectivity index (χ3v) is 7.41. The van der Waals surface area contributed by atoms with Crippen LogP contribution in [0.2, 0.25) is 5.02 Å². The Kier molecular flexibility index (Phi) is 6.16. The lowest BCUT2D eigenvalue weighted by atomic mass is 9.93. The van der Waals surface area contributed by atoms with E-state index in [9.17, 15) is 9.90 Å². The van der Waals surface area contributed by atoms with Gasteiger partial charge in [-0.15, -0.1) is 11.3 Å². The van der Waals surface area contributed by atoms with E-state index in [4.69, 9.17) is 21.6 Å². The number of benzene rings is 2. The molecule has 1 aliphatic rings. The third-order valence-electron chi connectivity index (χ3n) is 6.05. The smallest absolute Gasteiger partial charge is 0.307 e. The minimum absolute atomic E-state index is 0.0623. The molecule has 2 aromatic heterocycles. The van der Waals surface area contributed by atoms with Gasteiger partial charge in [-0.25, -0.2) is 15.0 Å². The highest BCUT2D eigenvalue weighted by Crippen LogP contribution is 2.40. The Balaban J connectivity index is 1.65. The van der Waals surface area contributed by atoms with Crippen molar-refractivity contribution in [2.75, 3.05) is 20.1 Å². The van der Waals surface area contributed by atoms with E-state index in [2.05, 4.69) is 23.0 Å². The number of carboxylic acid groups (broad SMARTS) is 1. The van der Waals surface area contributed by atoms with Gasteiger partial charge in [0.1, 0.15) is 10.7 Å². The van der Waals surface area contributed by atoms with E-state index < -0.39 is 5.97 Å². The number of nitrogens with zero attached hydrogens (tertiary/aromatic N) is 4. The molecule has 0 bridgehead atoms. The van der Waals surface area contributed by atoms with Gasteiger partial charge in [0.2, 0.25) is 0 Å². The molecular formula is C26H23ClN4O2S. The number of likely N-dealkylation sites (N-methyl/N-ethyl adjacent to an activating group) is 1. The van der Waals surface area contributed by atoms with Gasteiger partial charge in [-0.05, 0) is 66.9 Å². The molecular weight excluding hydrogens is 468 g/mol. The third kappa shape index (κ3) is 4.46. The zero-order valence-corrected chi connectivity index (χ0v) is 20.5. The van der Waals surface area contributed by atoms with Gasteiger partial charge in [-0.2, -0.15) is 0 Å². The molecule has 0 atom stereocenters. The van der Waals surface area contributed by atoms with Crippen molar-refractivity contribution < 1.29 is 9.90 Å². The number of hydrogen-bond donors (Lipinski definition) is 1. The fraction of sp³-hybridized carbons (Fsp3) is 0.231. The van der Waals surface area contributed by atoms with Gasteiger partial charge in [-0.3, -0.25) is 4.79 Å². The standard InChI is InChI=1S/C26H23ClN4O2S/c1-15-13-21-24(23(19(15)14-22(32)33)16-3-5-18(27)6-4-16)34-26(30-21)20-7-10-28-25(29-20)17-8-11-31(2)12-9-17/h3-8,10,13H,9,11-12,14H2,1-2H3,(H,32,33). The average molecular weight is 491 g/mol. The number of hydrogen-bond acceptors (Lipinski definition) is 6. The second kappa shape index (κ2) is 9.25. The van der Waals surface area contributed by atoms with Crippen molar-refractivity contribution in [1.82, 2.24) is 19.9 Å². The molecule has 0 unspecified atom stereocenters. The highest BCUT2D eigenvalue weighted by Gasteiger charge is 2.20. The summed E-state index contributed by atoms with van der Waals surface area (Å²) in [5.74, 6) is -0.125. The Hall–Kier alpha value is -3.13. The molecule has 8 heteroatoms. The van der Waals surface area contributed by atoms with Gasteiger partial charge < -0.3 is 10.0 Å². The average Bonchev–Trinajstić information content (AvgIpc) is 3.24. The van der Waals surface area contributed by atoms with E-state index >= 15 is 0 Å². The minimum Gasteiger partial charge on any atom is -0.481 e. The van der Waals surface area contributed by atoms with Crippen molar-refractivity contribution in [2.24, 2.45) is 0 Å². The summed E-state index contributed by atoms with van der Waals surface area (Å²) in [5.41, 5.74) is 6.26. The minimum atomic E-state index is -0.866. The second-order valence-electron chi connectivity index (χ2n) is 8.50. The van der Waals surface area contributed by atoms with Gasteiger partial charge in [-0.1, -0.05) is 29.8 Å². The first-order chi connectivity index (χ1) is 16.4. The summed E-state index contributed by atoms with van der Waals surface area (Å²) in [6, 6.07) is 11.3. The molecule has 4 aromatic rings. The summed E-state index contributed by atoms with van der Waals surface area (Å²) >= 11 is 7.65. The summed E-state index contributed by atoms with van der Waals surface area (Å²) < 4.78 is 0.942. The molecule has 5 rings (SSSR count). The first-order valence-corrected chi connectivity index (χ1v) is 12.2. The van der Waals surface area contributed by atoms with E-state index in [1.165, 1.54) is 11.3 Å². The number of thiazole rings is 1. The Morgan fingerprint density at radius 3 is 2.71 bits per heavy atom. The maximum absolute atomic E-state index is 11.7. The van der Waals surface area contributed by atoms with E-state index in [0.717, 1.165) is 74.1 Å². The van der Waals surface area contributed by atoms with Crippen molar-refractivity contribution in [3.8, 4) is 21.8 Å². The normalized spacial score (nSPS) is 14.4. The number of rotatable bonds is 5. The van der Waals surface area contributed by atoms with Crippen LogP contribution in [0.15, 0.2) is 48.7 Å². The number of fused-ring (bicyclic) bond motifs is 1. The number of aliphatic carboxylic acids is 1. The molecule has 0 aliphatic carbocycles. The number of aryl methyl sites for hydroxylation is 1. The van der Waals surface area contributed by atoms with Crippen molar-refractivity contribution in [3.63, 3.8) is 0 Å². The molecule has 0 amide bonds. The summed E-state index contributed by atoms with van der Waals surface area (Å²) in [7, 11) is 2.10. The van der Waals surface area contributed by atoms with E-state index in [1.54, 1.807) is 6.20 Å². The predicted octanol–water partition coefficient (Wildman–Crippen LogP) is 5.73. The van der Waals surface area contributed by atoms with Crippen LogP contribution in [0.3, 0.4) is 0 Å². The summed E-state index contributed by atoms with van der Waals surface area (Å²) in [5, 5.41) is 11.0. The van der Waals surface area contributed by atoms with E-state index in [1.807, 2.05) is 43.3 Å². The lowest BCUT2D eigenvalue weighted by Crippen LogP contribution is -2.24. The maximum atomic E-state index is 11.7. The summed E-state index contributed by atoms with van der Waals surface area (Å²) in [4.78, 5) is 28.2. The fourth-order valence-corrected chi connectivity index (χ4v) is 5.49. The first kappa shape index (κ1) is 22.7. The molecule has 1 aliphatic heterocycles. The van der Waals surface area contributed by atoms with Crippen molar-refractivity contribution >= 4 is 44.7 Å². The highest BCUT2D eigenvalue weighted by molar-refractivity contribution is 7.22. The van der Waals surface area contributed by atoms with Crippen LogP contribution in [0.1, 0.15) is 23.4 Å². The van der Waals surface area contributed by atoms with E-state index in [0.29, 0.717) is 5.02 Å².